The number of carbonyl (C=O) groups is 1. The van der Waals surface area contributed by atoms with Gasteiger partial charge in [-0.15, -0.1) is 0 Å². The number of nitrogens with zero attached hydrogens (tertiary/aromatic N) is 1. The monoisotopic (exact) mass is 369 g/mol. The molecule has 0 fully saturated rings. The predicted octanol–water partition coefficient (Wildman–Crippen LogP) is 3.48. The molecule has 0 aliphatic carbocycles. The van der Waals surface area contributed by atoms with Gasteiger partial charge < -0.3 is 20.5 Å². The summed E-state index contributed by atoms with van der Waals surface area (Å²) in [5, 5.41) is 2.86. The number of pyridine rings is 1. The number of nitrogens with one attached hydrogen (secondary N) is 1. The Kier molecular flexibility index (Phi) is 8.32. The highest BCUT2D eigenvalue weighted by molar-refractivity contribution is 5.98. The van der Waals surface area contributed by atoms with Gasteiger partial charge in [-0.2, -0.15) is 0 Å². The summed E-state index contributed by atoms with van der Waals surface area (Å²) in [5.74, 6) is 0.731. The second-order valence-corrected chi connectivity index (χ2v) is 6.06. The summed E-state index contributed by atoms with van der Waals surface area (Å²) in [6.45, 7) is 3.41. The molecule has 0 saturated carbocycles. The van der Waals surface area contributed by atoms with E-state index in [1.165, 1.54) is 0 Å². The highest BCUT2D eigenvalue weighted by atomic mass is 16.5. The molecule has 0 atom stereocenters. The summed E-state index contributed by atoms with van der Waals surface area (Å²) in [5.41, 5.74) is 7.88. The lowest BCUT2D eigenvalue weighted by atomic mass is 10.2. The van der Waals surface area contributed by atoms with Crippen LogP contribution in [0.3, 0.4) is 0 Å². The molecule has 1 heterocycles. The number of nitrogens with two attached hydrogens (primary N) is 1. The Morgan fingerprint density at radius 2 is 2.15 bits per heavy atom. The molecule has 0 spiro atoms. The van der Waals surface area contributed by atoms with E-state index in [1.807, 2.05) is 37.3 Å². The Bertz CT molecular complexity index is 775. The number of allylic oxidation sites excluding steroid dienone is 2. The van der Waals surface area contributed by atoms with Crippen molar-refractivity contribution in [3.8, 4) is 5.75 Å². The van der Waals surface area contributed by atoms with Gasteiger partial charge in [0.25, 0.3) is 5.91 Å². The standard InChI is InChI=1S/C21H27N3O3/c1-3-4-5-6-12-27-18-9-7-8-16(13-18)14-23-21(25)19-11-10-17(15-26-2)24-20(19)22/h3-4,7-11,13H,5-6,12,14-15H2,1-2H3,(H2,22,24)(H,23,25). The van der Waals surface area contributed by atoms with Crippen LogP contribution in [0.1, 0.15) is 41.4 Å². The van der Waals surface area contributed by atoms with Gasteiger partial charge >= 0.3 is 0 Å². The minimum atomic E-state index is -0.262. The molecule has 144 valence electrons. The van der Waals surface area contributed by atoms with Crippen molar-refractivity contribution in [2.75, 3.05) is 19.5 Å². The summed E-state index contributed by atoms with van der Waals surface area (Å²) < 4.78 is 10.8. The van der Waals surface area contributed by atoms with E-state index >= 15 is 0 Å². The van der Waals surface area contributed by atoms with Crippen molar-refractivity contribution in [3.05, 3.63) is 65.4 Å². The van der Waals surface area contributed by atoms with E-state index in [4.69, 9.17) is 15.2 Å². The lowest BCUT2D eigenvalue weighted by molar-refractivity contribution is 0.0951. The molecular formula is C21H27N3O3. The van der Waals surface area contributed by atoms with Crippen LogP contribution in [0, 0.1) is 0 Å². The summed E-state index contributed by atoms with van der Waals surface area (Å²) in [6.07, 6.45) is 6.13. The molecule has 0 aliphatic heterocycles. The van der Waals surface area contributed by atoms with Crippen LogP contribution in [0.4, 0.5) is 5.82 Å². The first-order valence-electron chi connectivity index (χ1n) is 8.99. The Hall–Kier alpha value is -2.86. The zero-order chi connectivity index (χ0) is 19.5. The Balaban J connectivity index is 1.88. The Morgan fingerprint density at radius 1 is 1.30 bits per heavy atom. The molecule has 0 bridgehead atoms. The van der Waals surface area contributed by atoms with Crippen LogP contribution in [-0.4, -0.2) is 24.6 Å². The van der Waals surface area contributed by atoms with Crippen molar-refractivity contribution in [1.29, 1.82) is 0 Å². The van der Waals surface area contributed by atoms with Gasteiger partial charge in [0.1, 0.15) is 11.6 Å². The van der Waals surface area contributed by atoms with Crippen molar-refractivity contribution in [1.82, 2.24) is 10.3 Å². The molecule has 3 N–H and O–H groups in total. The second-order valence-electron chi connectivity index (χ2n) is 6.06. The molecule has 2 rings (SSSR count). The molecule has 6 heteroatoms. The number of amides is 1. The molecule has 2 aromatic rings. The van der Waals surface area contributed by atoms with Crippen LogP contribution in [0.25, 0.3) is 0 Å². The zero-order valence-corrected chi connectivity index (χ0v) is 15.9. The van der Waals surface area contributed by atoms with Gasteiger partial charge in [0.05, 0.1) is 24.5 Å². The fourth-order valence-corrected chi connectivity index (χ4v) is 2.52. The number of hydrogen-bond acceptors (Lipinski definition) is 5. The number of hydrogen-bond donors (Lipinski definition) is 2. The smallest absolute Gasteiger partial charge is 0.255 e. The molecule has 1 aromatic heterocycles. The summed E-state index contributed by atoms with van der Waals surface area (Å²) in [4.78, 5) is 16.5. The molecule has 6 nitrogen and oxygen atoms in total. The zero-order valence-electron chi connectivity index (χ0n) is 15.9. The number of benzene rings is 1. The fraction of sp³-hybridized carbons (Fsp3) is 0.333. The van der Waals surface area contributed by atoms with E-state index in [9.17, 15) is 4.79 Å². The molecule has 0 saturated heterocycles. The van der Waals surface area contributed by atoms with Crippen molar-refractivity contribution >= 4 is 11.7 Å². The van der Waals surface area contributed by atoms with Crippen LogP contribution in [0.15, 0.2) is 48.6 Å². The second kappa shape index (κ2) is 11.0. The highest BCUT2D eigenvalue weighted by Crippen LogP contribution is 2.15. The molecular weight excluding hydrogens is 342 g/mol. The van der Waals surface area contributed by atoms with Crippen molar-refractivity contribution in [2.24, 2.45) is 0 Å². The van der Waals surface area contributed by atoms with Gasteiger partial charge in [0.2, 0.25) is 0 Å². The number of nitrogen functional groups attached to an aromatic ring is 1. The Morgan fingerprint density at radius 3 is 2.89 bits per heavy atom. The number of ether oxygens (including phenoxy) is 2. The largest absolute Gasteiger partial charge is 0.494 e. The van der Waals surface area contributed by atoms with Gasteiger partial charge in [-0.3, -0.25) is 4.79 Å². The maximum Gasteiger partial charge on any atom is 0.255 e. The van der Waals surface area contributed by atoms with E-state index < -0.39 is 0 Å². The fourth-order valence-electron chi connectivity index (χ4n) is 2.52. The first-order chi connectivity index (χ1) is 13.1. The quantitative estimate of drug-likeness (QED) is 0.495. The van der Waals surface area contributed by atoms with E-state index in [0.29, 0.717) is 31.0 Å². The average molecular weight is 369 g/mol. The molecule has 1 aromatic carbocycles. The summed E-state index contributed by atoms with van der Waals surface area (Å²) in [6, 6.07) is 11.1. The van der Waals surface area contributed by atoms with Crippen LogP contribution in [-0.2, 0) is 17.9 Å². The number of anilines is 1. The normalized spacial score (nSPS) is 10.9. The third-order valence-corrected chi connectivity index (χ3v) is 3.89. The highest BCUT2D eigenvalue weighted by Gasteiger charge is 2.11. The molecule has 0 unspecified atom stereocenters. The maximum absolute atomic E-state index is 12.4. The SMILES string of the molecule is CC=CCCCOc1cccc(CNC(=O)c2ccc(COC)nc2N)c1. The summed E-state index contributed by atoms with van der Waals surface area (Å²) in [7, 11) is 1.58. The number of aromatic nitrogens is 1. The molecule has 0 radical (unpaired) electrons. The van der Waals surface area contributed by atoms with Gasteiger partial charge in [-0.05, 0) is 49.6 Å². The van der Waals surface area contributed by atoms with Gasteiger partial charge in [0.15, 0.2) is 0 Å². The van der Waals surface area contributed by atoms with Crippen LogP contribution < -0.4 is 15.8 Å². The van der Waals surface area contributed by atoms with Crippen molar-refractivity contribution in [3.63, 3.8) is 0 Å². The van der Waals surface area contributed by atoms with Gasteiger partial charge in [-0.1, -0.05) is 24.3 Å². The maximum atomic E-state index is 12.4. The predicted molar refractivity (Wildman–Crippen MR) is 107 cm³/mol. The summed E-state index contributed by atoms with van der Waals surface area (Å²) >= 11 is 0. The topological polar surface area (TPSA) is 86.5 Å². The number of methoxy groups -OCH3 is 1. The number of carbonyl (C=O) groups excluding carboxylic acids is 1. The van der Waals surface area contributed by atoms with Gasteiger partial charge in [-0.25, -0.2) is 4.98 Å². The molecule has 1 amide bonds. The third-order valence-electron chi connectivity index (χ3n) is 3.89. The van der Waals surface area contributed by atoms with Crippen LogP contribution >= 0.6 is 0 Å². The van der Waals surface area contributed by atoms with Crippen molar-refractivity contribution in [2.45, 2.75) is 32.9 Å². The minimum Gasteiger partial charge on any atom is -0.494 e. The number of rotatable bonds is 10. The van der Waals surface area contributed by atoms with E-state index in [-0.39, 0.29) is 11.7 Å². The minimum absolute atomic E-state index is 0.195. The molecule has 0 aliphatic rings. The first kappa shape index (κ1) is 20.5. The van der Waals surface area contributed by atoms with Crippen LogP contribution in [0.5, 0.6) is 5.75 Å². The third kappa shape index (κ3) is 6.75. The van der Waals surface area contributed by atoms with E-state index in [1.54, 1.807) is 19.2 Å². The number of unbranched alkanes of at least 4 members (excludes halogenated alkanes) is 1. The average Bonchev–Trinajstić information content (AvgIpc) is 2.67. The van der Waals surface area contributed by atoms with E-state index in [0.717, 1.165) is 24.2 Å². The van der Waals surface area contributed by atoms with Crippen LogP contribution in [0.2, 0.25) is 0 Å². The first-order valence-corrected chi connectivity index (χ1v) is 8.99. The Labute approximate surface area is 160 Å². The van der Waals surface area contributed by atoms with Gasteiger partial charge in [0, 0.05) is 13.7 Å². The van der Waals surface area contributed by atoms with Crippen molar-refractivity contribution < 1.29 is 14.3 Å². The lowest BCUT2D eigenvalue weighted by Gasteiger charge is -2.10. The molecule has 27 heavy (non-hydrogen) atoms. The van der Waals surface area contributed by atoms with E-state index in [2.05, 4.69) is 16.4 Å². The lowest BCUT2D eigenvalue weighted by Crippen LogP contribution is -2.24.